The summed E-state index contributed by atoms with van der Waals surface area (Å²) in [4.78, 5) is 10.2. The van der Waals surface area contributed by atoms with Crippen LogP contribution in [0.3, 0.4) is 0 Å². The summed E-state index contributed by atoms with van der Waals surface area (Å²) in [6.45, 7) is 2.16. The SMILES string of the molecule is CCCC=CCCCCCC(=O)O. The van der Waals surface area contributed by atoms with Crippen molar-refractivity contribution in [2.45, 2.75) is 51.9 Å². The second kappa shape index (κ2) is 9.30. The predicted octanol–water partition coefficient (Wildman–Crippen LogP) is 3.38. The number of carboxylic acids is 1. The van der Waals surface area contributed by atoms with Gasteiger partial charge in [0, 0.05) is 6.42 Å². The lowest BCUT2D eigenvalue weighted by Crippen LogP contribution is -1.93. The average Bonchev–Trinajstić information content (AvgIpc) is 2.09. The molecule has 0 aromatic heterocycles. The van der Waals surface area contributed by atoms with Crippen molar-refractivity contribution in [3.63, 3.8) is 0 Å². The summed E-state index contributed by atoms with van der Waals surface area (Å²) < 4.78 is 0. The summed E-state index contributed by atoms with van der Waals surface area (Å²) in [5, 5.41) is 8.37. The first-order chi connectivity index (χ1) is 6.27. The van der Waals surface area contributed by atoms with Crippen LogP contribution in [0, 0.1) is 0 Å². The number of carboxylic acid groups (broad SMARTS) is 1. The van der Waals surface area contributed by atoms with Crippen LogP contribution in [0.1, 0.15) is 51.9 Å². The van der Waals surface area contributed by atoms with E-state index in [1.165, 1.54) is 6.42 Å². The van der Waals surface area contributed by atoms with E-state index in [4.69, 9.17) is 5.11 Å². The van der Waals surface area contributed by atoms with Crippen LogP contribution in [0.5, 0.6) is 0 Å². The van der Waals surface area contributed by atoms with Crippen molar-refractivity contribution in [3.05, 3.63) is 12.2 Å². The Bertz CT molecular complexity index is 150. The normalized spacial score (nSPS) is 10.8. The van der Waals surface area contributed by atoms with Crippen LogP contribution in [0.4, 0.5) is 0 Å². The van der Waals surface area contributed by atoms with E-state index in [0.29, 0.717) is 6.42 Å². The molecule has 0 aromatic rings. The number of rotatable bonds is 8. The molecule has 0 saturated heterocycles. The third kappa shape index (κ3) is 11.2. The van der Waals surface area contributed by atoms with Gasteiger partial charge in [0.2, 0.25) is 0 Å². The Labute approximate surface area is 80.7 Å². The lowest BCUT2D eigenvalue weighted by molar-refractivity contribution is -0.137. The maximum atomic E-state index is 10.2. The molecule has 0 amide bonds. The second-order valence-electron chi connectivity index (χ2n) is 3.25. The van der Waals surface area contributed by atoms with Gasteiger partial charge in [-0.2, -0.15) is 0 Å². The molecule has 0 rings (SSSR count). The van der Waals surface area contributed by atoms with Crippen molar-refractivity contribution in [2.75, 3.05) is 0 Å². The summed E-state index contributed by atoms with van der Waals surface area (Å²) in [5.41, 5.74) is 0. The summed E-state index contributed by atoms with van der Waals surface area (Å²) in [6.07, 6.45) is 11.2. The van der Waals surface area contributed by atoms with E-state index < -0.39 is 5.97 Å². The molecule has 0 unspecified atom stereocenters. The van der Waals surface area contributed by atoms with Crippen molar-refractivity contribution in [2.24, 2.45) is 0 Å². The van der Waals surface area contributed by atoms with Gasteiger partial charge >= 0.3 is 5.97 Å². The maximum Gasteiger partial charge on any atom is 0.303 e. The van der Waals surface area contributed by atoms with Gasteiger partial charge in [0.05, 0.1) is 0 Å². The molecule has 0 aliphatic carbocycles. The standard InChI is InChI=1S/C11H20O2/c1-2-3-4-5-6-7-8-9-10-11(12)13/h4-5H,2-3,6-10H2,1H3,(H,12,13). The van der Waals surface area contributed by atoms with Crippen LogP contribution in [0.25, 0.3) is 0 Å². The summed E-state index contributed by atoms with van der Waals surface area (Å²) in [5.74, 6) is -0.679. The summed E-state index contributed by atoms with van der Waals surface area (Å²) in [6, 6.07) is 0. The molecule has 13 heavy (non-hydrogen) atoms. The molecule has 0 fully saturated rings. The fourth-order valence-corrected chi connectivity index (χ4v) is 1.12. The van der Waals surface area contributed by atoms with E-state index >= 15 is 0 Å². The summed E-state index contributed by atoms with van der Waals surface area (Å²) >= 11 is 0. The van der Waals surface area contributed by atoms with Crippen molar-refractivity contribution in [1.29, 1.82) is 0 Å². The third-order valence-corrected chi connectivity index (χ3v) is 1.88. The highest BCUT2D eigenvalue weighted by molar-refractivity contribution is 5.66. The lowest BCUT2D eigenvalue weighted by Gasteiger charge is -1.94. The summed E-state index contributed by atoms with van der Waals surface area (Å²) in [7, 11) is 0. The first-order valence-electron chi connectivity index (χ1n) is 5.14. The first kappa shape index (κ1) is 12.2. The van der Waals surface area contributed by atoms with Crippen molar-refractivity contribution >= 4 is 5.97 Å². The second-order valence-corrected chi connectivity index (χ2v) is 3.25. The van der Waals surface area contributed by atoms with Crippen LogP contribution in [0.2, 0.25) is 0 Å². The van der Waals surface area contributed by atoms with Crippen LogP contribution < -0.4 is 0 Å². The zero-order valence-electron chi connectivity index (χ0n) is 8.46. The van der Waals surface area contributed by atoms with E-state index in [1.54, 1.807) is 0 Å². The largest absolute Gasteiger partial charge is 0.481 e. The molecule has 0 heterocycles. The van der Waals surface area contributed by atoms with Gasteiger partial charge in [0.15, 0.2) is 0 Å². The number of unbranched alkanes of at least 4 members (excludes halogenated alkanes) is 4. The van der Waals surface area contributed by atoms with Crippen LogP contribution in [-0.4, -0.2) is 11.1 Å². The molecule has 0 aliphatic rings. The predicted molar refractivity (Wildman–Crippen MR) is 54.8 cm³/mol. The first-order valence-corrected chi connectivity index (χ1v) is 5.14. The molecule has 0 aliphatic heterocycles. The van der Waals surface area contributed by atoms with Crippen LogP contribution >= 0.6 is 0 Å². The van der Waals surface area contributed by atoms with Crippen molar-refractivity contribution in [3.8, 4) is 0 Å². The highest BCUT2D eigenvalue weighted by atomic mass is 16.4. The molecule has 0 aromatic carbocycles. The molecule has 1 N–H and O–H groups in total. The quantitative estimate of drug-likeness (QED) is 0.464. The molecular weight excluding hydrogens is 164 g/mol. The van der Waals surface area contributed by atoms with E-state index in [2.05, 4.69) is 19.1 Å². The van der Waals surface area contributed by atoms with Gasteiger partial charge in [0.1, 0.15) is 0 Å². The van der Waals surface area contributed by atoms with E-state index in [-0.39, 0.29) is 0 Å². The highest BCUT2D eigenvalue weighted by Gasteiger charge is 1.94. The molecule has 76 valence electrons. The van der Waals surface area contributed by atoms with Crippen molar-refractivity contribution < 1.29 is 9.90 Å². The molecule has 0 radical (unpaired) electrons. The average molecular weight is 184 g/mol. The number of allylic oxidation sites excluding steroid dienone is 2. The minimum Gasteiger partial charge on any atom is -0.481 e. The zero-order valence-corrected chi connectivity index (χ0v) is 8.46. The number of carbonyl (C=O) groups is 1. The van der Waals surface area contributed by atoms with Gasteiger partial charge in [-0.25, -0.2) is 0 Å². The maximum absolute atomic E-state index is 10.2. The molecule has 0 atom stereocenters. The Morgan fingerprint density at radius 1 is 1.15 bits per heavy atom. The van der Waals surface area contributed by atoms with Crippen LogP contribution in [-0.2, 0) is 4.79 Å². The molecule has 0 bridgehead atoms. The smallest absolute Gasteiger partial charge is 0.303 e. The number of aliphatic carboxylic acids is 1. The fourth-order valence-electron chi connectivity index (χ4n) is 1.12. The van der Waals surface area contributed by atoms with Gasteiger partial charge in [-0.15, -0.1) is 0 Å². The van der Waals surface area contributed by atoms with Gasteiger partial charge < -0.3 is 5.11 Å². The molecule has 2 nitrogen and oxygen atoms in total. The van der Waals surface area contributed by atoms with E-state index in [0.717, 1.165) is 32.1 Å². The molecule has 0 spiro atoms. The minimum absolute atomic E-state index is 0.318. The Morgan fingerprint density at radius 2 is 1.85 bits per heavy atom. The zero-order chi connectivity index (χ0) is 9.94. The fraction of sp³-hybridized carbons (Fsp3) is 0.727. The highest BCUT2D eigenvalue weighted by Crippen LogP contribution is 2.04. The van der Waals surface area contributed by atoms with Crippen molar-refractivity contribution in [1.82, 2.24) is 0 Å². The van der Waals surface area contributed by atoms with E-state index in [1.807, 2.05) is 0 Å². The minimum atomic E-state index is -0.679. The number of hydrogen-bond acceptors (Lipinski definition) is 1. The molecule has 0 saturated carbocycles. The van der Waals surface area contributed by atoms with Gasteiger partial charge in [-0.1, -0.05) is 31.9 Å². The Morgan fingerprint density at radius 3 is 2.46 bits per heavy atom. The van der Waals surface area contributed by atoms with Gasteiger partial charge in [0.25, 0.3) is 0 Å². The van der Waals surface area contributed by atoms with Crippen LogP contribution in [0.15, 0.2) is 12.2 Å². The third-order valence-electron chi connectivity index (χ3n) is 1.88. The monoisotopic (exact) mass is 184 g/mol. The van der Waals surface area contributed by atoms with Gasteiger partial charge in [-0.05, 0) is 25.7 Å². The van der Waals surface area contributed by atoms with E-state index in [9.17, 15) is 4.79 Å². The Balaban J connectivity index is 3.03. The Hall–Kier alpha value is -0.790. The molecule has 2 heteroatoms. The number of hydrogen-bond donors (Lipinski definition) is 1. The topological polar surface area (TPSA) is 37.3 Å². The Kier molecular flexibility index (Phi) is 8.73. The van der Waals surface area contributed by atoms with Gasteiger partial charge in [-0.3, -0.25) is 4.79 Å². The molecular formula is C11H20O2. The lowest BCUT2D eigenvalue weighted by atomic mass is 10.1.